The highest BCUT2D eigenvalue weighted by molar-refractivity contribution is 7.77. The fraction of sp³-hybridized carbons (Fsp3) is 0.200. The van der Waals surface area contributed by atoms with Crippen molar-refractivity contribution in [2.45, 2.75) is 19.0 Å². The Hall–Kier alpha value is -2.66. The molecule has 0 spiro atoms. The van der Waals surface area contributed by atoms with Crippen LogP contribution >= 0.6 is 15.8 Å². The fourth-order valence-corrected chi connectivity index (χ4v) is 10.7. The molecule has 0 aliphatic heterocycles. The van der Waals surface area contributed by atoms with Gasteiger partial charge in [-0.3, -0.25) is 0 Å². The maximum atomic E-state index is 5.85. The van der Waals surface area contributed by atoms with Gasteiger partial charge in [0.05, 0.1) is 14.2 Å². The van der Waals surface area contributed by atoms with E-state index in [0.717, 1.165) is 24.1 Å². The third kappa shape index (κ3) is 5.52. The van der Waals surface area contributed by atoms with Crippen molar-refractivity contribution in [3.05, 3.63) is 109 Å². The molecule has 3 unspecified atom stereocenters. The lowest BCUT2D eigenvalue weighted by molar-refractivity contribution is 0.418. The maximum Gasteiger partial charge on any atom is 0.126 e. The topological polar surface area (TPSA) is 18.5 Å². The molecule has 0 radical (unpaired) electrons. The summed E-state index contributed by atoms with van der Waals surface area (Å²) in [6.45, 7) is 2.33. The van der Waals surface area contributed by atoms with Gasteiger partial charge in [-0.2, -0.15) is 0 Å². The number of benzene rings is 4. The van der Waals surface area contributed by atoms with Gasteiger partial charge in [0.15, 0.2) is 0 Å². The van der Waals surface area contributed by atoms with E-state index in [2.05, 4.69) is 116 Å². The van der Waals surface area contributed by atoms with Gasteiger partial charge in [0.1, 0.15) is 11.5 Å². The van der Waals surface area contributed by atoms with E-state index in [4.69, 9.17) is 9.47 Å². The number of hydrogen-bond acceptors (Lipinski definition) is 2. The Bertz CT molecular complexity index is 1160. The Morgan fingerprint density at radius 3 is 1.62 bits per heavy atom. The van der Waals surface area contributed by atoms with Gasteiger partial charge < -0.3 is 9.47 Å². The molecule has 2 nitrogen and oxygen atoms in total. The molecule has 0 amide bonds. The van der Waals surface area contributed by atoms with Gasteiger partial charge in [0.2, 0.25) is 0 Å². The van der Waals surface area contributed by atoms with Crippen molar-refractivity contribution in [1.29, 1.82) is 0 Å². The Labute approximate surface area is 206 Å². The average Bonchev–Trinajstić information content (AvgIpc) is 2.92. The Morgan fingerprint density at radius 2 is 1.06 bits per heavy atom. The van der Waals surface area contributed by atoms with E-state index in [1.165, 1.54) is 21.2 Å². The smallest absolute Gasteiger partial charge is 0.126 e. The first kappa shape index (κ1) is 24.5. The van der Waals surface area contributed by atoms with Crippen LogP contribution in [0.4, 0.5) is 0 Å². The number of ether oxygens (including phenoxy) is 2. The molecule has 4 rings (SSSR count). The van der Waals surface area contributed by atoms with Crippen molar-refractivity contribution in [2.75, 3.05) is 20.4 Å². The minimum atomic E-state index is -0.618. The van der Waals surface area contributed by atoms with Gasteiger partial charge in [-0.25, -0.2) is 0 Å². The lowest BCUT2D eigenvalue weighted by atomic mass is 10.3. The Balaban J connectivity index is 1.82. The second kappa shape index (κ2) is 12.2. The average molecular weight is 487 g/mol. The quantitative estimate of drug-likeness (QED) is 0.254. The highest BCUT2D eigenvalue weighted by atomic mass is 31.1. The van der Waals surface area contributed by atoms with Crippen molar-refractivity contribution < 1.29 is 9.47 Å². The molecule has 0 aliphatic rings. The van der Waals surface area contributed by atoms with Crippen molar-refractivity contribution in [3.8, 4) is 11.5 Å². The first-order valence-electron chi connectivity index (χ1n) is 11.7. The molecule has 174 valence electrons. The van der Waals surface area contributed by atoms with Gasteiger partial charge in [0.25, 0.3) is 0 Å². The minimum Gasteiger partial charge on any atom is -0.496 e. The highest BCUT2D eigenvalue weighted by Crippen LogP contribution is 2.50. The highest BCUT2D eigenvalue weighted by Gasteiger charge is 2.30. The van der Waals surface area contributed by atoms with Crippen molar-refractivity contribution in [1.82, 2.24) is 0 Å². The summed E-state index contributed by atoms with van der Waals surface area (Å²) in [6, 6.07) is 39.1. The summed E-state index contributed by atoms with van der Waals surface area (Å²) in [5.41, 5.74) is 0.491. The number of para-hydroxylation sites is 2. The first-order chi connectivity index (χ1) is 16.8. The number of methoxy groups -OCH3 is 2. The van der Waals surface area contributed by atoms with Crippen LogP contribution in [0.15, 0.2) is 109 Å². The molecule has 0 heterocycles. The molecule has 4 aromatic rings. The summed E-state index contributed by atoms with van der Waals surface area (Å²) in [5.74, 6) is 1.96. The predicted octanol–water partition coefficient (Wildman–Crippen LogP) is 6.05. The largest absolute Gasteiger partial charge is 0.496 e. The van der Waals surface area contributed by atoms with Gasteiger partial charge >= 0.3 is 0 Å². The predicted molar refractivity (Wildman–Crippen MR) is 150 cm³/mol. The van der Waals surface area contributed by atoms with E-state index in [0.29, 0.717) is 5.66 Å². The molecule has 0 saturated heterocycles. The zero-order valence-corrected chi connectivity index (χ0v) is 21.9. The van der Waals surface area contributed by atoms with E-state index >= 15 is 0 Å². The molecule has 34 heavy (non-hydrogen) atoms. The second-order valence-electron chi connectivity index (χ2n) is 8.06. The molecule has 0 bridgehead atoms. The molecule has 4 aromatic carbocycles. The van der Waals surface area contributed by atoms with Crippen LogP contribution in [-0.2, 0) is 0 Å². The molecule has 0 fully saturated rings. The van der Waals surface area contributed by atoms with Gasteiger partial charge in [-0.15, -0.1) is 0 Å². The van der Waals surface area contributed by atoms with Gasteiger partial charge in [-0.05, 0) is 56.8 Å². The van der Waals surface area contributed by atoms with Gasteiger partial charge in [-0.1, -0.05) is 104 Å². The minimum absolute atomic E-state index is 0.491. The van der Waals surface area contributed by atoms with E-state index in [1.54, 1.807) is 14.2 Å². The molecule has 0 saturated carbocycles. The summed E-state index contributed by atoms with van der Waals surface area (Å²) in [4.78, 5) is 0. The summed E-state index contributed by atoms with van der Waals surface area (Å²) in [7, 11) is 2.34. The molecule has 0 aromatic heterocycles. The van der Waals surface area contributed by atoms with Crippen LogP contribution in [0.2, 0.25) is 0 Å². The third-order valence-electron chi connectivity index (χ3n) is 6.05. The zero-order valence-electron chi connectivity index (χ0n) is 20.1. The van der Waals surface area contributed by atoms with Crippen LogP contribution in [0.5, 0.6) is 11.5 Å². The lowest BCUT2D eigenvalue weighted by Crippen LogP contribution is -2.28. The van der Waals surface area contributed by atoms with Crippen molar-refractivity contribution in [2.24, 2.45) is 0 Å². The molecule has 4 heteroatoms. The molecule has 3 atom stereocenters. The summed E-state index contributed by atoms with van der Waals surface area (Å²) in [6.07, 6.45) is 2.19. The van der Waals surface area contributed by atoms with Crippen LogP contribution in [0.3, 0.4) is 0 Å². The summed E-state index contributed by atoms with van der Waals surface area (Å²) >= 11 is 0. The third-order valence-corrected chi connectivity index (χ3v) is 12.0. The summed E-state index contributed by atoms with van der Waals surface area (Å²) < 4.78 is 11.7. The van der Waals surface area contributed by atoms with Crippen LogP contribution in [0, 0.1) is 0 Å². The van der Waals surface area contributed by atoms with Crippen LogP contribution < -0.4 is 30.7 Å². The number of hydrogen-bond donors (Lipinski definition) is 0. The second-order valence-corrected chi connectivity index (χ2v) is 12.7. The standard InChI is InChI=1S/C30H32O2P2/c1-4-24(34(26-17-9-6-10-18-26)30-22-14-12-20-28(30)32-3)23-33(25-15-7-5-8-16-25)29-21-13-11-19-27(29)31-2/h5-22,24H,4,23H2,1-3H3. The lowest BCUT2D eigenvalue weighted by Gasteiger charge is -2.32. The maximum absolute atomic E-state index is 5.85. The summed E-state index contributed by atoms with van der Waals surface area (Å²) in [5, 5.41) is 5.43. The SMILES string of the molecule is CCC(CP(c1ccccc1)c1ccccc1OC)P(c1ccccc1)c1ccccc1OC. The van der Waals surface area contributed by atoms with E-state index in [1.807, 2.05) is 0 Å². The van der Waals surface area contributed by atoms with Gasteiger partial charge in [0, 0.05) is 10.6 Å². The molecular weight excluding hydrogens is 454 g/mol. The van der Waals surface area contributed by atoms with E-state index in [-0.39, 0.29) is 0 Å². The molecule has 0 N–H and O–H groups in total. The van der Waals surface area contributed by atoms with E-state index < -0.39 is 15.8 Å². The van der Waals surface area contributed by atoms with Crippen LogP contribution in [0.1, 0.15) is 13.3 Å². The Kier molecular flexibility index (Phi) is 8.75. The van der Waals surface area contributed by atoms with Crippen LogP contribution in [0.25, 0.3) is 0 Å². The first-order valence-corrected chi connectivity index (χ1v) is 14.6. The molecule has 0 aliphatic carbocycles. The Morgan fingerprint density at radius 1 is 0.588 bits per heavy atom. The molecular formula is C30H32O2P2. The monoisotopic (exact) mass is 486 g/mol. The van der Waals surface area contributed by atoms with E-state index in [9.17, 15) is 0 Å². The zero-order chi connectivity index (χ0) is 23.8. The van der Waals surface area contributed by atoms with Crippen LogP contribution in [-0.4, -0.2) is 26.0 Å². The normalized spacial score (nSPS) is 13.6. The van der Waals surface area contributed by atoms with Crippen molar-refractivity contribution in [3.63, 3.8) is 0 Å². The fourth-order valence-electron chi connectivity index (χ4n) is 4.37. The van der Waals surface area contributed by atoms with Crippen molar-refractivity contribution >= 4 is 37.1 Å². The number of rotatable bonds is 10.